The van der Waals surface area contributed by atoms with Gasteiger partial charge in [-0.15, -0.1) is 0 Å². The van der Waals surface area contributed by atoms with Gasteiger partial charge in [0.15, 0.2) is 5.69 Å². The average molecular weight is 267 g/mol. The number of hydrogen-bond donors (Lipinski definition) is 1. The quantitative estimate of drug-likeness (QED) is 0.835. The van der Waals surface area contributed by atoms with Crippen molar-refractivity contribution >= 4 is 16.6 Å². The Hall–Kier alpha value is -1.79. The Balaban J connectivity index is 1.98. The Morgan fingerprint density at radius 1 is 1.40 bits per heavy atom. The molecule has 20 heavy (non-hydrogen) atoms. The summed E-state index contributed by atoms with van der Waals surface area (Å²) in [6.45, 7) is 10.4. The van der Waals surface area contributed by atoms with Crippen LogP contribution in [-0.2, 0) is 7.05 Å². The fraction of sp³-hybridized carbons (Fsp3) is 0.471. The number of fused-ring (bicyclic) bond motifs is 1. The molecule has 1 fully saturated rings. The molecule has 0 bridgehead atoms. The number of rotatable bonds is 3. The third-order valence-corrected chi connectivity index (χ3v) is 4.50. The van der Waals surface area contributed by atoms with Gasteiger partial charge in [0.1, 0.15) is 0 Å². The number of aromatic nitrogens is 1. The molecule has 0 radical (unpaired) electrons. The normalized spacial score (nSPS) is 22.2. The van der Waals surface area contributed by atoms with Crippen molar-refractivity contribution in [3.63, 3.8) is 0 Å². The topological polar surface area (TPSA) is 21.3 Å². The maximum atomic E-state index is 7.20. The highest BCUT2D eigenvalue weighted by atomic mass is 14.9. The summed E-state index contributed by atoms with van der Waals surface area (Å²) in [6, 6.07) is 6.69. The van der Waals surface area contributed by atoms with Gasteiger partial charge in [-0.3, -0.25) is 0 Å². The van der Waals surface area contributed by atoms with E-state index in [0.29, 0.717) is 12.0 Å². The van der Waals surface area contributed by atoms with Gasteiger partial charge >= 0.3 is 0 Å². The molecule has 2 atom stereocenters. The minimum Gasteiger partial charge on any atom is -0.350 e. The van der Waals surface area contributed by atoms with Gasteiger partial charge in [0.05, 0.1) is 6.57 Å². The third-order valence-electron chi connectivity index (χ3n) is 4.50. The van der Waals surface area contributed by atoms with Gasteiger partial charge in [-0.1, -0.05) is 13.0 Å². The van der Waals surface area contributed by atoms with E-state index in [9.17, 15) is 0 Å². The summed E-state index contributed by atoms with van der Waals surface area (Å²) < 4.78 is 2.19. The molecule has 3 nitrogen and oxygen atoms in total. The number of hydrogen-bond acceptors (Lipinski definition) is 1. The number of nitrogens with one attached hydrogen (secondary N) is 1. The summed E-state index contributed by atoms with van der Waals surface area (Å²) in [5.74, 6) is 0.628. The molecule has 0 amide bonds. The zero-order valence-electron chi connectivity index (χ0n) is 12.2. The van der Waals surface area contributed by atoms with Gasteiger partial charge in [-0.2, -0.15) is 0 Å². The molecule has 1 aromatic heterocycles. The minimum atomic E-state index is 0.628. The van der Waals surface area contributed by atoms with Crippen LogP contribution in [0.2, 0.25) is 0 Å². The van der Waals surface area contributed by atoms with E-state index in [1.54, 1.807) is 0 Å². The molecule has 104 valence electrons. The van der Waals surface area contributed by atoms with Crippen molar-refractivity contribution < 1.29 is 0 Å². The lowest BCUT2D eigenvalue weighted by atomic mass is 9.96. The summed E-state index contributed by atoms with van der Waals surface area (Å²) in [7, 11) is 2.10. The average Bonchev–Trinajstić information content (AvgIpc) is 3.04. The highest BCUT2D eigenvalue weighted by Crippen LogP contribution is 2.39. The smallest absolute Gasteiger partial charge is 0.187 e. The van der Waals surface area contributed by atoms with Crippen LogP contribution in [-0.4, -0.2) is 17.2 Å². The molecule has 2 unspecified atom stereocenters. The van der Waals surface area contributed by atoms with Crippen molar-refractivity contribution in [1.29, 1.82) is 0 Å². The second-order valence-corrected chi connectivity index (χ2v) is 5.77. The van der Waals surface area contributed by atoms with Crippen LogP contribution in [0.15, 0.2) is 24.4 Å². The molecule has 1 N–H and O–H groups in total. The Kier molecular flexibility index (Phi) is 3.50. The summed E-state index contributed by atoms with van der Waals surface area (Å²) in [5, 5.41) is 4.83. The maximum absolute atomic E-state index is 7.20. The van der Waals surface area contributed by atoms with Crippen LogP contribution in [0.4, 0.5) is 5.69 Å². The monoisotopic (exact) mass is 267 g/mol. The molecule has 0 saturated heterocycles. The van der Waals surface area contributed by atoms with Crippen molar-refractivity contribution in [3.8, 4) is 0 Å². The van der Waals surface area contributed by atoms with Crippen LogP contribution >= 0.6 is 0 Å². The zero-order valence-corrected chi connectivity index (χ0v) is 12.2. The van der Waals surface area contributed by atoms with Gasteiger partial charge in [-0.25, -0.2) is 4.85 Å². The van der Waals surface area contributed by atoms with Crippen molar-refractivity contribution in [2.75, 3.05) is 6.54 Å². The number of benzene rings is 1. The van der Waals surface area contributed by atoms with Crippen LogP contribution < -0.4 is 5.32 Å². The first-order valence-electron chi connectivity index (χ1n) is 7.42. The first kappa shape index (κ1) is 13.2. The number of aryl methyl sites for hydroxylation is 1. The molecule has 1 saturated carbocycles. The van der Waals surface area contributed by atoms with Gasteiger partial charge in [-0.05, 0) is 54.8 Å². The molecule has 0 spiro atoms. The highest BCUT2D eigenvalue weighted by Gasteiger charge is 2.27. The fourth-order valence-corrected chi connectivity index (χ4v) is 3.54. The lowest BCUT2D eigenvalue weighted by molar-refractivity contribution is 0.535. The highest BCUT2D eigenvalue weighted by molar-refractivity contribution is 5.87. The van der Waals surface area contributed by atoms with Gasteiger partial charge in [0, 0.05) is 24.8 Å². The molecule has 0 aliphatic heterocycles. The molecular weight excluding hydrogens is 246 g/mol. The Morgan fingerprint density at radius 2 is 2.25 bits per heavy atom. The lowest BCUT2D eigenvalue weighted by Gasteiger charge is -2.11. The molecule has 1 aliphatic carbocycles. The molecule has 3 rings (SSSR count). The zero-order chi connectivity index (χ0) is 14.1. The van der Waals surface area contributed by atoms with Crippen LogP contribution in [0, 0.1) is 6.57 Å². The Labute approximate surface area is 120 Å². The second-order valence-electron chi connectivity index (χ2n) is 5.77. The van der Waals surface area contributed by atoms with E-state index in [2.05, 4.69) is 47.0 Å². The molecule has 1 aromatic carbocycles. The van der Waals surface area contributed by atoms with Crippen molar-refractivity contribution in [2.24, 2.45) is 7.05 Å². The van der Waals surface area contributed by atoms with E-state index in [1.807, 2.05) is 6.07 Å². The summed E-state index contributed by atoms with van der Waals surface area (Å²) in [6.07, 6.45) is 5.99. The molecule has 2 aromatic rings. The number of nitrogens with zero attached hydrogens (tertiary/aromatic N) is 2. The molecule has 3 heteroatoms. The summed E-state index contributed by atoms with van der Waals surface area (Å²) in [5.41, 5.74) is 3.40. The van der Waals surface area contributed by atoms with Gasteiger partial charge in [0.2, 0.25) is 0 Å². The van der Waals surface area contributed by atoms with Crippen LogP contribution in [0.3, 0.4) is 0 Å². The van der Waals surface area contributed by atoms with E-state index < -0.39 is 0 Å². The maximum Gasteiger partial charge on any atom is 0.187 e. The SMILES string of the molecule is [C-]#[N+]c1ccc2c(c1)c(C1CCC(NCC)C1)cn2C. The first-order chi connectivity index (χ1) is 9.72. The van der Waals surface area contributed by atoms with E-state index in [0.717, 1.165) is 12.2 Å². The van der Waals surface area contributed by atoms with E-state index >= 15 is 0 Å². The van der Waals surface area contributed by atoms with Crippen molar-refractivity contribution in [1.82, 2.24) is 9.88 Å². The Morgan fingerprint density at radius 3 is 3.00 bits per heavy atom. The lowest BCUT2D eigenvalue weighted by Crippen LogP contribution is -2.25. The Bertz CT molecular complexity index is 663. The van der Waals surface area contributed by atoms with Gasteiger partial charge < -0.3 is 9.88 Å². The van der Waals surface area contributed by atoms with Crippen LogP contribution in [0.1, 0.15) is 37.7 Å². The van der Waals surface area contributed by atoms with E-state index in [1.165, 1.54) is 35.7 Å². The predicted octanol–water partition coefficient (Wildman–Crippen LogP) is 3.97. The van der Waals surface area contributed by atoms with Crippen LogP contribution in [0.25, 0.3) is 15.7 Å². The van der Waals surface area contributed by atoms with Crippen LogP contribution in [0.5, 0.6) is 0 Å². The molecular formula is C17H21N3. The molecule has 1 aliphatic rings. The third kappa shape index (κ3) is 2.21. The fourth-order valence-electron chi connectivity index (χ4n) is 3.54. The second kappa shape index (κ2) is 5.30. The summed E-state index contributed by atoms with van der Waals surface area (Å²) >= 11 is 0. The standard InChI is InChI=1S/C17H21N3/c1-4-19-14-6-5-12(9-14)16-11-20(3)17-8-7-13(18-2)10-15(16)17/h7-8,10-12,14,19H,4-6,9H2,1,3H3. The van der Waals surface area contributed by atoms with Crippen molar-refractivity contribution in [2.45, 2.75) is 38.1 Å². The minimum absolute atomic E-state index is 0.628. The van der Waals surface area contributed by atoms with Crippen molar-refractivity contribution in [3.05, 3.63) is 41.4 Å². The molecule has 1 heterocycles. The first-order valence-corrected chi connectivity index (χ1v) is 7.42. The van der Waals surface area contributed by atoms with E-state index in [4.69, 9.17) is 6.57 Å². The van der Waals surface area contributed by atoms with E-state index in [-0.39, 0.29) is 0 Å². The van der Waals surface area contributed by atoms with Gasteiger partial charge in [0.25, 0.3) is 0 Å². The predicted molar refractivity (Wildman–Crippen MR) is 83.2 cm³/mol. The summed E-state index contributed by atoms with van der Waals surface area (Å²) in [4.78, 5) is 3.57. The largest absolute Gasteiger partial charge is 0.350 e.